The van der Waals surface area contributed by atoms with Gasteiger partial charge in [-0.2, -0.15) is 0 Å². The molecule has 1 saturated heterocycles. The molecule has 0 bridgehead atoms. The summed E-state index contributed by atoms with van der Waals surface area (Å²) >= 11 is 3.56. The molecule has 10 nitrogen and oxygen atoms in total. The number of anilines is 1. The van der Waals surface area contributed by atoms with Crippen molar-refractivity contribution in [3.63, 3.8) is 0 Å². The fourth-order valence-corrected chi connectivity index (χ4v) is 3.40. The van der Waals surface area contributed by atoms with Crippen LogP contribution in [-0.2, 0) is 4.79 Å². The number of carbonyl (C=O) groups excluding carboxylic acids is 1. The fraction of sp³-hybridized carbons (Fsp3) is 0.526. The van der Waals surface area contributed by atoms with E-state index < -0.39 is 0 Å². The molecule has 1 aromatic rings. The summed E-state index contributed by atoms with van der Waals surface area (Å²) in [5.41, 5.74) is 0. The van der Waals surface area contributed by atoms with E-state index in [4.69, 9.17) is 4.74 Å². The zero-order chi connectivity index (χ0) is 21.5. The normalized spacial score (nSPS) is 21.8. The highest BCUT2D eigenvalue weighted by atomic mass is 79.9. The molecule has 1 aromatic heterocycles. The van der Waals surface area contributed by atoms with Crippen LogP contribution in [0.3, 0.4) is 0 Å². The van der Waals surface area contributed by atoms with Crippen molar-refractivity contribution in [1.82, 2.24) is 20.2 Å². The Morgan fingerprint density at radius 3 is 2.63 bits per heavy atom. The molecule has 0 aromatic carbocycles. The third-order valence-corrected chi connectivity index (χ3v) is 5.75. The average Bonchev–Trinajstić information content (AvgIpc) is 2.77. The summed E-state index contributed by atoms with van der Waals surface area (Å²) in [4.78, 5) is 28.8. The molecular weight excluding hydrogens is 454 g/mol. The zero-order valence-electron chi connectivity index (χ0n) is 17.0. The van der Waals surface area contributed by atoms with Gasteiger partial charge in [0.25, 0.3) is 0 Å². The molecule has 162 valence electrons. The smallest absolute Gasteiger partial charge is 0.242 e. The summed E-state index contributed by atoms with van der Waals surface area (Å²) < 4.78 is 5.80. The number of nitrogens with one attached hydrogen (secondary N) is 1. The molecule has 2 aliphatic heterocycles. The second-order valence-corrected chi connectivity index (χ2v) is 8.38. The lowest BCUT2D eigenvalue weighted by Crippen LogP contribution is -2.54. The Labute approximate surface area is 183 Å². The lowest BCUT2D eigenvalue weighted by atomic mass is 10.1. The Bertz CT molecular complexity index is 805. The first kappa shape index (κ1) is 22.0. The van der Waals surface area contributed by atoms with Crippen molar-refractivity contribution in [2.24, 2.45) is 22.0 Å². The summed E-state index contributed by atoms with van der Waals surface area (Å²) in [6, 6.07) is 0. The molecule has 1 fully saturated rings. The standard InChI is InChI=1S/C19H26BrN7O3/c1-13(2)17(28)24-19(25-29)27-7-5-26(6-8-27)18-22-9-15(10-23-18)30-12-14-3-4-21-11-16(14)20/h3-4,9-11,13-14,16,29H,5-8,12H2,1-2H3,(H,24,25,28). The molecule has 2 N–H and O–H groups in total. The number of nitrogens with zero attached hydrogens (tertiary/aromatic N) is 6. The molecular formula is C19H26BrN7O3. The van der Waals surface area contributed by atoms with Crippen LogP contribution in [0.1, 0.15) is 13.8 Å². The van der Waals surface area contributed by atoms with Crippen molar-refractivity contribution in [3.05, 3.63) is 24.7 Å². The van der Waals surface area contributed by atoms with Gasteiger partial charge in [-0.3, -0.25) is 15.1 Å². The maximum atomic E-state index is 11.9. The third kappa shape index (κ3) is 5.68. The van der Waals surface area contributed by atoms with E-state index in [0.717, 1.165) is 0 Å². The van der Waals surface area contributed by atoms with Crippen LogP contribution in [0.25, 0.3) is 0 Å². The first-order chi connectivity index (χ1) is 14.5. The summed E-state index contributed by atoms with van der Waals surface area (Å²) in [5.74, 6) is 1.21. The van der Waals surface area contributed by atoms with Gasteiger partial charge in [0.15, 0.2) is 5.75 Å². The molecule has 2 aliphatic rings. The number of aromatic nitrogens is 2. The van der Waals surface area contributed by atoms with Crippen molar-refractivity contribution in [3.8, 4) is 5.75 Å². The Balaban J connectivity index is 1.49. The fourth-order valence-electron chi connectivity index (χ4n) is 2.94. The summed E-state index contributed by atoms with van der Waals surface area (Å²) in [6.07, 6.45) is 8.95. The highest BCUT2D eigenvalue weighted by Gasteiger charge is 2.24. The molecule has 3 rings (SSSR count). The Morgan fingerprint density at radius 2 is 2.03 bits per heavy atom. The molecule has 3 heterocycles. The number of rotatable bonds is 5. The number of aliphatic imine (C=N–C) groups is 1. The van der Waals surface area contributed by atoms with E-state index in [-0.39, 0.29) is 28.5 Å². The van der Waals surface area contributed by atoms with Gasteiger partial charge in [-0.05, 0) is 0 Å². The molecule has 2 atom stereocenters. The van der Waals surface area contributed by atoms with Gasteiger partial charge in [0, 0.05) is 50.4 Å². The minimum Gasteiger partial charge on any atom is -0.490 e. The van der Waals surface area contributed by atoms with Crippen molar-refractivity contribution in [2.45, 2.75) is 18.7 Å². The van der Waals surface area contributed by atoms with E-state index in [0.29, 0.717) is 44.5 Å². The van der Waals surface area contributed by atoms with Gasteiger partial charge in [0.1, 0.15) is 0 Å². The number of carbonyl (C=O) groups is 1. The molecule has 0 saturated carbocycles. The number of hydrogen-bond donors (Lipinski definition) is 2. The van der Waals surface area contributed by atoms with Gasteiger partial charge >= 0.3 is 0 Å². The Kier molecular flexibility index (Phi) is 7.61. The number of guanidine groups is 1. The average molecular weight is 480 g/mol. The van der Waals surface area contributed by atoms with Gasteiger partial charge < -0.3 is 19.7 Å². The number of ether oxygens (including phenoxy) is 1. The minimum atomic E-state index is -0.195. The number of halogens is 1. The maximum absolute atomic E-state index is 11.9. The lowest BCUT2D eigenvalue weighted by Gasteiger charge is -2.35. The largest absolute Gasteiger partial charge is 0.490 e. The van der Waals surface area contributed by atoms with Gasteiger partial charge in [-0.25, -0.2) is 9.97 Å². The summed E-state index contributed by atoms with van der Waals surface area (Å²) in [5, 5.41) is 15.1. The van der Waals surface area contributed by atoms with Crippen LogP contribution in [-0.4, -0.2) is 75.8 Å². The molecule has 0 aliphatic carbocycles. The SMILES string of the molecule is CC(C)C(=O)N/C(=N\O)N1CCN(c2ncc(OCC3C=CN=CC3Br)cn2)CC1. The Morgan fingerprint density at radius 1 is 1.33 bits per heavy atom. The Hall–Kier alpha value is -2.69. The molecule has 30 heavy (non-hydrogen) atoms. The third-order valence-electron chi connectivity index (χ3n) is 4.83. The number of piperazine rings is 1. The number of oxime groups is 1. The van der Waals surface area contributed by atoms with Crippen LogP contribution in [0.5, 0.6) is 5.75 Å². The molecule has 0 spiro atoms. The first-order valence-electron chi connectivity index (χ1n) is 9.79. The van der Waals surface area contributed by atoms with Crippen LogP contribution in [0.2, 0.25) is 0 Å². The zero-order valence-corrected chi connectivity index (χ0v) is 18.6. The number of alkyl halides is 1. The van der Waals surface area contributed by atoms with E-state index in [1.807, 2.05) is 22.1 Å². The monoisotopic (exact) mass is 479 g/mol. The van der Waals surface area contributed by atoms with E-state index in [9.17, 15) is 10.0 Å². The highest BCUT2D eigenvalue weighted by molar-refractivity contribution is 9.10. The van der Waals surface area contributed by atoms with Crippen molar-refractivity contribution in [1.29, 1.82) is 0 Å². The van der Waals surface area contributed by atoms with Gasteiger partial charge in [0.2, 0.25) is 17.8 Å². The lowest BCUT2D eigenvalue weighted by molar-refractivity contribution is -0.122. The van der Waals surface area contributed by atoms with E-state index in [2.05, 4.69) is 41.4 Å². The van der Waals surface area contributed by atoms with Crippen LogP contribution in [0.15, 0.2) is 34.8 Å². The van der Waals surface area contributed by atoms with Gasteiger partial charge in [-0.15, -0.1) is 0 Å². The van der Waals surface area contributed by atoms with E-state index >= 15 is 0 Å². The number of hydrogen-bond acceptors (Lipinski definition) is 8. The molecule has 2 unspecified atom stereocenters. The van der Waals surface area contributed by atoms with E-state index in [1.54, 1.807) is 32.4 Å². The predicted molar refractivity (Wildman–Crippen MR) is 117 cm³/mol. The predicted octanol–water partition coefficient (Wildman–Crippen LogP) is 1.47. The number of amides is 1. The van der Waals surface area contributed by atoms with Crippen LogP contribution in [0.4, 0.5) is 5.95 Å². The second-order valence-electron chi connectivity index (χ2n) is 7.32. The summed E-state index contributed by atoms with van der Waals surface area (Å²) in [6.45, 7) is 6.48. The minimum absolute atomic E-state index is 0.150. The van der Waals surface area contributed by atoms with E-state index in [1.165, 1.54) is 0 Å². The van der Waals surface area contributed by atoms with Crippen LogP contribution >= 0.6 is 15.9 Å². The van der Waals surface area contributed by atoms with Gasteiger partial charge in [0.05, 0.1) is 23.8 Å². The maximum Gasteiger partial charge on any atom is 0.242 e. The molecule has 0 radical (unpaired) electrons. The molecule has 1 amide bonds. The second kappa shape index (κ2) is 10.4. The summed E-state index contributed by atoms with van der Waals surface area (Å²) in [7, 11) is 0. The van der Waals surface area contributed by atoms with Crippen molar-refractivity contribution < 1.29 is 14.7 Å². The van der Waals surface area contributed by atoms with Gasteiger partial charge in [-0.1, -0.05) is 41.0 Å². The van der Waals surface area contributed by atoms with Crippen molar-refractivity contribution >= 4 is 40.0 Å². The van der Waals surface area contributed by atoms with Crippen LogP contribution < -0.4 is 15.0 Å². The van der Waals surface area contributed by atoms with Crippen molar-refractivity contribution in [2.75, 3.05) is 37.7 Å². The molecule has 11 heteroatoms. The highest BCUT2D eigenvalue weighted by Crippen LogP contribution is 2.19. The first-order valence-corrected chi connectivity index (χ1v) is 10.7. The topological polar surface area (TPSA) is 116 Å². The van der Waals surface area contributed by atoms with Crippen LogP contribution in [0, 0.1) is 11.8 Å². The quantitative estimate of drug-likeness (QED) is 0.216.